The standard InChI is InChI=1S/C17H17NO5/c19-15(10-11-16(20)21)18-14-6-2-1-4-12(14)8-9-13-5-3-7-17(22)23-13/h1-4,6-9,13H,5,10-11H2,(H,18,19)(H,20,21)/b9-8+/t13-/m1/s1. The van der Waals surface area contributed by atoms with E-state index in [1.165, 1.54) is 6.08 Å². The fourth-order valence-corrected chi connectivity index (χ4v) is 2.05. The van der Waals surface area contributed by atoms with Crippen LogP contribution in [0.3, 0.4) is 0 Å². The topological polar surface area (TPSA) is 92.7 Å². The molecule has 0 bridgehead atoms. The van der Waals surface area contributed by atoms with Crippen molar-refractivity contribution < 1.29 is 24.2 Å². The van der Waals surface area contributed by atoms with Gasteiger partial charge < -0.3 is 15.2 Å². The Bertz CT molecular complexity index is 663. The number of hydrogen-bond acceptors (Lipinski definition) is 4. The molecule has 0 radical (unpaired) electrons. The van der Waals surface area contributed by atoms with Crippen molar-refractivity contribution in [1.82, 2.24) is 0 Å². The minimum absolute atomic E-state index is 0.0849. The summed E-state index contributed by atoms with van der Waals surface area (Å²) < 4.78 is 5.13. The highest BCUT2D eigenvalue weighted by atomic mass is 16.5. The van der Waals surface area contributed by atoms with E-state index in [0.717, 1.165) is 5.56 Å². The number of anilines is 1. The molecule has 1 atom stereocenters. The third-order valence-electron chi connectivity index (χ3n) is 3.18. The lowest BCUT2D eigenvalue weighted by Gasteiger charge is -2.15. The second-order valence-electron chi connectivity index (χ2n) is 5.00. The Morgan fingerprint density at radius 3 is 2.83 bits per heavy atom. The summed E-state index contributed by atoms with van der Waals surface area (Å²) in [6.07, 6.45) is 6.64. The van der Waals surface area contributed by atoms with Gasteiger partial charge in [0.05, 0.1) is 6.42 Å². The van der Waals surface area contributed by atoms with Gasteiger partial charge in [-0.3, -0.25) is 9.59 Å². The Kier molecular flexibility index (Phi) is 5.68. The van der Waals surface area contributed by atoms with Crippen molar-refractivity contribution in [3.63, 3.8) is 0 Å². The van der Waals surface area contributed by atoms with Gasteiger partial charge in [-0.25, -0.2) is 4.79 Å². The van der Waals surface area contributed by atoms with Crippen molar-refractivity contribution in [3.05, 3.63) is 48.1 Å². The molecule has 2 rings (SSSR count). The fraction of sp³-hybridized carbons (Fsp3) is 0.235. The summed E-state index contributed by atoms with van der Waals surface area (Å²) in [5.41, 5.74) is 1.33. The SMILES string of the molecule is O=C(O)CCC(=O)Nc1ccccc1/C=C/[C@H]1CC=CC(=O)O1. The second-order valence-corrected chi connectivity index (χ2v) is 5.00. The molecule has 1 heterocycles. The largest absolute Gasteiger partial charge is 0.481 e. The Labute approximate surface area is 133 Å². The van der Waals surface area contributed by atoms with Gasteiger partial charge in [0.1, 0.15) is 6.10 Å². The smallest absolute Gasteiger partial charge is 0.331 e. The van der Waals surface area contributed by atoms with E-state index in [1.807, 2.05) is 12.1 Å². The molecule has 0 spiro atoms. The van der Waals surface area contributed by atoms with Gasteiger partial charge in [0, 0.05) is 24.6 Å². The van der Waals surface area contributed by atoms with E-state index in [1.54, 1.807) is 30.4 Å². The van der Waals surface area contributed by atoms with Gasteiger partial charge in [0.25, 0.3) is 0 Å². The number of hydrogen-bond donors (Lipinski definition) is 2. The van der Waals surface area contributed by atoms with Crippen LogP contribution < -0.4 is 5.32 Å². The quantitative estimate of drug-likeness (QED) is 0.786. The van der Waals surface area contributed by atoms with E-state index < -0.39 is 5.97 Å². The van der Waals surface area contributed by atoms with Crippen molar-refractivity contribution in [2.24, 2.45) is 0 Å². The number of carboxylic acid groups (broad SMARTS) is 1. The molecule has 120 valence electrons. The Morgan fingerprint density at radius 1 is 1.30 bits per heavy atom. The van der Waals surface area contributed by atoms with E-state index in [0.29, 0.717) is 12.1 Å². The number of rotatable bonds is 6. The third-order valence-corrected chi connectivity index (χ3v) is 3.18. The van der Waals surface area contributed by atoms with Gasteiger partial charge >= 0.3 is 11.9 Å². The van der Waals surface area contributed by atoms with E-state index in [9.17, 15) is 14.4 Å². The van der Waals surface area contributed by atoms with Gasteiger partial charge in [-0.2, -0.15) is 0 Å². The van der Waals surface area contributed by atoms with Gasteiger partial charge in [-0.15, -0.1) is 0 Å². The first-order chi connectivity index (χ1) is 11.0. The van der Waals surface area contributed by atoms with Crippen LogP contribution in [0.15, 0.2) is 42.5 Å². The fourth-order valence-electron chi connectivity index (χ4n) is 2.05. The average Bonchev–Trinajstić information content (AvgIpc) is 2.52. The molecule has 2 N–H and O–H groups in total. The highest BCUT2D eigenvalue weighted by Gasteiger charge is 2.13. The summed E-state index contributed by atoms with van der Waals surface area (Å²) in [4.78, 5) is 33.4. The normalized spacial score (nSPS) is 17.0. The molecule has 0 saturated carbocycles. The summed E-state index contributed by atoms with van der Waals surface area (Å²) in [7, 11) is 0. The summed E-state index contributed by atoms with van der Waals surface area (Å²) in [6, 6.07) is 7.13. The van der Waals surface area contributed by atoms with E-state index in [4.69, 9.17) is 9.84 Å². The van der Waals surface area contributed by atoms with Gasteiger partial charge in [0.15, 0.2) is 0 Å². The van der Waals surface area contributed by atoms with Gasteiger partial charge in [0.2, 0.25) is 5.91 Å². The average molecular weight is 315 g/mol. The monoisotopic (exact) mass is 315 g/mol. The van der Waals surface area contributed by atoms with Crippen LogP contribution >= 0.6 is 0 Å². The lowest BCUT2D eigenvalue weighted by Crippen LogP contribution is -2.17. The molecular formula is C17H17NO5. The maximum atomic E-state index is 11.7. The van der Waals surface area contributed by atoms with Crippen LogP contribution in [-0.2, 0) is 19.1 Å². The molecule has 0 saturated heterocycles. The van der Waals surface area contributed by atoms with Crippen molar-refractivity contribution in [2.75, 3.05) is 5.32 Å². The molecule has 1 aliphatic heterocycles. The molecule has 0 fully saturated rings. The van der Waals surface area contributed by atoms with Crippen LogP contribution in [-0.4, -0.2) is 29.1 Å². The number of ether oxygens (including phenoxy) is 1. The maximum absolute atomic E-state index is 11.7. The Morgan fingerprint density at radius 2 is 2.09 bits per heavy atom. The lowest BCUT2D eigenvalue weighted by atomic mass is 10.1. The molecule has 23 heavy (non-hydrogen) atoms. The first-order valence-corrected chi connectivity index (χ1v) is 7.20. The van der Waals surface area contributed by atoms with Crippen LogP contribution in [0, 0.1) is 0 Å². The molecule has 1 aromatic rings. The predicted molar refractivity (Wildman–Crippen MR) is 84.6 cm³/mol. The van der Waals surface area contributed by atoms with Crippen LogP contribution in [0.5, 0.6) is 0 Å². The van der Waals surface area contributed by atoms with E-state index in [2.05, 4.69) is 5.32 Å². The summed E-state index contributed by atoms with van der Waals surface area (Å²) in [5, 5.41) is 11.3. The molecule has 1 aromatic carbocycles. The van der Waals surface area contributed by atoms with Crippen molar-refractivity contribution in [2.45, 2.75) is 25.4 Å². The second kappa shape index (κ2) is 7.93. The molecule has 6 nitrogen and oxygen atoms in total. The van der Waals surface area contributed by atoms with Crippen LogP contribution in [0.2, 0.25) is 0 Å². The summed E-state index contributed by atoms with van der Waals surface area (Å²) in [5.74, 6) is -1.75. The van der Waals surface area contributed by atoms with Crippen LogP contribution in [0.4, 0.5) is 5.69 Å². The Hall–Kier alpha value is -2.89. The zero-order valence-electron chi connectivity index (χ0n) is 12.4. The lowest BCUT2D eigenvalue weighted by molar-refractivity contribution is -0.141. The number of benzene rings is 1. The molecule has 0 aromatic heterocycles. The number of amides is 1. The number of carbonyl (C=O) groups is 3. The highest BCUT2D eigenvalue weighted by molar-refractivity contribution is 5.94. The molecule has 0 aliphatic carbocycles. The predicted octanol–water partition coefficient (Wildman–Crippen LogP) is 2.37. The van der Waals surface area contributed by atoms with Crippen molar-refractivity contribution >= 4 is 29.6 Å². The maximum Gasteiger partial charge on any atom is 0.331 e. The third kappa shape index (κ3) is 5.43. The molecular weight excluding hydrogens is 298 g/mol. The molecule has 0 unspecified atom stereocenters. The zero-order chi connectivity index (χ0) is 16.7. The van der Waals surface area contributed by atoms with Crippen molar-refractivity contribution in [3.8, 4) is 0 Å². The number of nitrogens with one attached hydrogen (secondary N) is 1. The molecule has 6 heteroatoms. The van der Waals surface area contributed by atoms with E-state index in [-0.39, 0.29) is 30.8 Å². The number of aliphatic carboxylic acids is 1. The highest BCUT2D eigenvalue weighted by Crippen LogP contribution is 2.19. The first kappa shape index (κ1) is 16.5. The summed E-state index contributed by atoms with van der Waals surface area (Å²) in [6.45, 7) is 0. The molecule has 1 aliphatic rings. The van der Waals surface area contributed by atoms with Crippen LogP contribution in [0.1, 0.15) is 24.8 Å². The number of esters is 1. The number of carbonyl (C=O) groups excluding carboxylic acids is 2. The minimum Gasteiger partial charge on any atom is -0.481 e. The van der Waals surface area contributed by atoms with Crippen molar-refractivity contribution in [1.29, 1.82) is 0 Å². The zero-order valence-corrected chi connectivity index (χ0v) is 12.4. The minimum atomic E-state index is -1.01. The molecule has 1 amide bonds. The van der Waals surface area contributed by atoms with E-state index >= 15 is 0 Å². The van der Waals surface area contributed by atoms with Gasteiger partial charge in [-0.1, -0.05) is 30.4 Å². The summed E-state index contributed by atoms with van der Waals surface area (Å²) >= 11 is 0. The first-order valence-electron chi connectivity index (χ1n) is 7.20. The number of cyclic esters (lactones) is 1. The van der Waals surface area contributed by atoms with Crippen LogP contribution in [0.25, 0.3) is 6.08 Å². The van der Waals surface area contributed by atoms with Gasteiger partial charge in [-0.05, 0) is 17.7 Å². The number of para-hydroxylation sites is 1. The number of carboxylic acids is 1. The Balaban J connectivity index is 2.02.